The van der Waals surface area contributed by atoms with E-state index in [-0.39, 0.29) is 24.8 Å². The third kappa shape index (κ3) is 2.95. The van der Waals surface area contributed by atoms with Crippen molar-refractivity contribution in [2.24, 2.45) is 0 Å². The normalized spacial score (nSPS) is 25.5. The second-order valence-corrected chi connectivity index (χ2v) is 17.1. The van der Waals surface area contributed by atoms with Gasteiger partial charge in [-0.25, -0.2) is 0 Å². The average Bonchev–Trinajstić information content (AvgIpc) is 3.09. The molecule has 0 nitrogen and oxygen atoms in total. The number of rotatable bonds is 4. The van der Waals surface area contributed by atoms with Crippen LogP contribution in [0.5, 0.6) is 0 Å². The van der Waals surface area contributed by atoms with E-state index in [2.05, 4.69) is 61.6 Å². The van der Waals surface area contributed by atoms with E-state index in [1.807, 2.05) is 3.28 Å². The molecule has 0 radical (unpaired) electrons. The Morgan fingerprint density at radius 1 is 1.17 bits per heavy atom. The van der Waals surface area contributed by atoms with Crippen molar-refractivity contribution in [3.8, 4) is 0 Å². The Balaban J connectivity index is 0.000000960. The molecule has 2 aliphatic carbocycles. The van der Waals surface area contributed by atoms with Gasteiger partial charge in [-0.05, 0) is 0 Å². The summed E-state index contributed by atoms with van der Waals surface area (Å²) < 4.78 is 2.37. The van der Waals surface area contributed by atoms with E-state index in [1.54, 1.807) is 17.7 Å². The Kier molecular flexibility index (Phi) is 6.39. The van der Waals surface area contributed by atoms with E-state index < -0.39 is 31.3 Å². The van der Waals surface area contributed by atoms with Crippen LogP contribution in [0.2, 0.25) is 18.1 Å². The van der Waals surface area contributed by atoms with Gasteiger partial charge in [0.2, 0.25) is 0 Å². The predicted octanol–water partition coefficient (Wildman–Crippen LogP) is -0.745. The minimum Gasteiger partial charge on any atom is -1.00 e. The van der Waals surface area contributed by atoms with Gasteiger partial charge < -0.3 is 24.8 Å². The quantitative estimate of drug-likeness (QED) is 0.541. The fraction of sp³-hybridized carbons (Fsp3) is 0.368. The van der Waals surface area contributed by atoms with Crippen LogP contribution >= 0.6 is 0 Å². The Labute approximate surface area is 164 Å². The second-order valence-electron chi connectivity index (χ2n) is 6.67. The smallest absolute Gasteiger partial charge is 1.00 e. The SMILES string of the molecule is CC[Si]1([C]2([Zr+2][C]3=CC=CC3)C=Cc3ccccc32)CCC1.[Cl-].[Cl-]. The van der Waals surface area contributed by atoms with Gasteiger partial charge in [0.15, 0.2) is 0 Å². The van der Waals surface area contributed by atoms with Crippen molar-refractivity contribution in [1.29, 1.82) is 0 Å². The fourth-order valence-corrected chi connectivity index (χ4v) is 18.8. The van der Waals surface area contributed by atoms with Gasteiger partial charge in [-0.2, -0.15) is 0 Å². The molecule has 1 saturated heterocycles. The van der Waals surface area contributed by atoms with Gasteiger partial charge in [-0.15, -0.1) is 0 Å². The molecule has 23 heavy (non-hydrogen) atoms. The minimum absolute atomic E-state index is 0. The number of hydrogen-bond acceptors (Lipinski definition) is 0. The summed E-state index contributed by atoms with van der Waals surface area (Å²) in [7, 11) is -1.13. The fourth-order valence-electron chi connectivity index (χ4n) is 4.43. The topological polar surface area (TPSA) is 0 Å². The summed E-state index contributed by atoms with van der Waals surface area (Å²) in [6.45, 7) is 2.49. The molecular formula is C19H22Cl2SiZr. The summed E-state index contributed by atoms with van der Waals surface area (Å²) in [4.78, 5) is 0. The summed E-state index contributed by atoms with van der Waals surface area (Å²) in [5.41, 5.74) is 3.25. The van der Waals surface area contributed by atoms with Crippen LogP contribution in [0.1, 0.15) is 30.9 Å². The van der Waals surface area contributed by atoms with Crippen molar-refractivity contribution in [1.82, 2.24) is 0 Å². The standard InChI is InChI=1S/C14H17Si.C5H5.2ClH.Zr/c1-2-15(10-5-11-15)14-9-8-12-6-3-4-7-13(12)14;1-2-4-5-3-1;;;/h3-4,6-9H,2,5,10-11H2,1H3;1-3H,4H2;2*1H;/q;;;;+2/p-2. The molecule has 0 spiro atoms. The molecule has 120 valence electrons. The Morgan fingerprint density at radius 3 is 2.57 bits per heavy atom. The van der Waals surface area contributed by atoms with Crippen LogP contribution in [0.25, 0.3) is 6.08 Å². The Morgan fingerprint density at radius 2 is 1.96 bits per heavy atom. The molecule has 0 amide bonds. The van der Waals surface area contributed by atoms with Crippen LogP contribution in [-0.4, -0.2) is 8.07 Å². The molecule has 0 aromatic heterocycles. The average molecular weight is 441 g/mol. The second kappa shape index (κ2) is 7.56. The number of fused-ring (bicyclic) bond motifs is 1. The van der Waals surface area contributed by atoms with Crippen molar-refractivity contribution >= 4 is 14.1 Å². The van der Waals surface area contributed by atoms with Gasteiger partial charge in [0.1, 0.15) is 0 Å². The first-order valence-corrected chi connectivity index (χ1v) is 13.3. The molecule has 0 N–H and O–H groups in total. The summed E-state index contributed by atoms with van der Waals surface area (Å²) >= 11 is -0.594. The summed E-state index contributed by atoms with van der Waals surface area (Å²) in [6.07, 6.45) is 15.0. The van der Waals surface area contributed by atoms with Gasteiger partial charge in [0, 0.05) is 0 Å². The van der Waals surface area contributed by atoms with Gasteiger partial charge in [0.25, 0.3) is 0 Å². The zero-order valence-electron chi connectivity index (χ0n) is 13.5. The third-order valence-corrected chi connectivity index (χ3v) is 20.3. The van der Waals surface area contributed by atoms with Crippen molar-refractivity contribution in [3.05, 3.63) is 63.0 Å². The Bertz CT molecular complexity index is 656. The maximum absolute atomic E-state index is 2.69. The maximum atomic E-state index is 2.69. The largest absolute Gasteiger partial charge is 1.00 e. The molecule has 1 aliphatic heterocycles. The molecule has 3 aliphatic rings. The maximum Gasteiger partial charge on any atom is -1.00 e. The van der Waals surface area contributed by atoms with Crippen LogP contribution in [0, 0.1) is 0 Å². The van der Waals surface area contributed by atoms with Gasteiger partial charge >= 0.3 is 141 Å². The van der Waals surface area contributed by atoms with E-state index in [0.717, 1.165) is 0 Å². The molecular weight excluding hydrogens is 418 g/mol. The van der Waals surface area contributed by atoms with Crippen molar-refractivity contribution in [3.63, 3.8) is 0 Å². The van der Waals surface area contributed by atoms with Crippen molar-refractivity contribution in [2.75, 3.05) is 0 Å². The van der Waals surface area contributed by atoms with Crippen LogP contribution in [0.4, 0.5) is 0 Å². The molecule has 1 aromatic carbocycles. The molecule has 4 heteroatoms. The first-order valence-electron chi connectivity index (χ1n) is 8.22. The third-order valence-electron chi connectivity index (χ3n) is 5.85. The Hall–Kier alpha value is 0.120. The number of benzene rings is 1. The van der Waals surface area contributed by atoms with Gasteiger partial charge in [-0.3, -0.25) is 0 Å². The molecule has 1 atom stereocenters. The van der Waals surface area contributed by atoms with E-state index in [1.165, 1.54) is 24.4 Å². The zero-order chi connectivity index (χ0) is 14.3. The van der Waals surface area contributed by atoms with Gasteiger partial charge in [0.05, 0.1) is 0 Å². The molecule has 1 heterocycles. The van der Waals surface area contributed by atoms with E-state index in [4.69, 9.17) is 0 Å². The van der Waals surface area contributed by atoms with E-state index >= 15 is 0 Å². The van der Waals surface area contributed by atoms with Crippen LogP contribution in [0.3, 0.4) is 0 Å². The number of allylic oxidation sites excluding steroid dienone is 5. The molecule has 1 unspecified atom stereocenters. The predicted molar refractivity (Wildman–Crippen MR) is 89.5 cm³/mol. The van der Waals surface area contributed by atoms with Crippen LogP contribution in [-0.2, 0) is 26.0 Å². The minimum atomic E-state index is -1.13. The van der Waals surface area contributed by atoms with Crippen LogP contribution in [0.15, 0.2) is 51.9 Å². The number of hydrogen-bond donors (Lipinski definition) is 0. The van der Waals surface area contributed by atoms with Crippen molar-refractivity contribution in [2.45, 2.75) is 40.6 Å². The first kappa shape index (κ1) is 19.4. The number of halogens is 2. The van der Waals surface area contributed by atoms with Crippen LogP contribution < -0.4 is 24.8 Å². The summed E-state index contributed by atoms with van der Waals surface area (Å²) in [6, 6.07) is 13.9. The monoisotopic (exact) mass is 438 g/mol. The zero-order valence-corrected chi connectivity index (χ0v) is 18.5. The molecule has 0 bridgehead atoms. The summed E-state index contributed by atoms with van der Waals surface area (Å²) in [5, 5.41) is 0. The summed E-state index contributed by atoms with van der Waals surface area (Å²) in [5.74, 6) is 0. The molecule has 0 saturated carbocycles. The van der Waals surface area contributed by atoms with Crippen molar-refractivity contribution < 1.29 is 48.0 Å². The van der Waals surface area contributed by atoms with E-state index in [9.17, 15) is 0 Å². The first-order chi connectivity index (χ1) is 10.3. The van der Waals surface area contributed by atoms with Gasteiger partial charge in [-0.1, -0.05) is 0 Å². The molecule has 4 rings (SSSR count). The molecule has 1 fully saturated rings. The van der Waals surface area contributed by atoms with E-state index in [0.29, 0.717) is 2.75 Å². The molecule has 1 aromatic rings.